The summed E-state index contributed by atoms with van der Waals surface area (Å²) >= 11 is 0. The number of para-hydroxylation sites is 1. The summed E-state index contributed by atoms with van der Waals surface area (Å²) in [5.41, 5.74) is 1.70. The molecule has 0 heterocycles. The zero-order valence-electron chi connectivity index (χ0n) is 12.5. The second kappa shape index (κ2) is 7.02. The van der Waals surface area contributed by atoms with Gasteiger partial charge in [-0.15, -0.1) is 0 Å². The minimum absolute atomic E-state index is 0.210. The van der Waals surface area contributed by atoms with Gasteiger partial charge < -0.3 is 9.26 Å². The maximum Gasteiger partial charge on any atom is 0.405 e. The van der Waals surface area contributed by atoms with Crippen molar-refractivity contribution in [1.82, 2.24) is 0 Å². The summed E-state index contributed by atoms with van der Waals surface area (Å²) in [6.07, 6.45) is -1.02. The van der Waals surface area contributed by atoms with Crippen LogP contribution in [0.1, 0.15) is 25.0 Å². The molecule has 0 aliphatic heterocycles. The Morgan fingerprint density at radius 1 is 1.30 bits per heavy atom. The number of hydrogen-bond acceptors (Lipinski definition) is 5. The Hall–Kier alpha value is -1.16. The first kappa shape index (κ1) is 16.9. The summed E-state index contributed by atoms with van der Waals surface area (Å²) in [7, 11) is -2.14. The molecular weight excluding hydrogens is 279 g/mol. The number of ketones is 1. The van der Waals surface area contributed by atoms with Crippen LogP contribution in [0, 0.1) is 13.8 Å². The largest absolute Gasteiger partial charge is 0.422 e. The molecule has 0 radical (unpaired) electrons. The van der Waals surface area contributed by atoms with Crippen LogP contribution in [-0.4, -0.2) is 25.3 Å². The highest BCUT2D eigenvalue weighted by Gasteiger charge is 2.31. The van der Waals surface area contributed by atoms with Crippen molar-refractivity contribution in [3.8, 4) is 5.75 Å². The normalized spacial score (nSPS) is 15.4. The lowest BCUT2D eigenvalue weighted by Crippen LogP contribution is -2.19. The van der Waals surface area contributed by atoms with Crippen molar-refractivity contribution in [1.29, 1.82) is 0 Å². The van der Waals surface area contributed by atoms with Crippen molar-refractivity contribution in [2.24, 2.45) is 0 Å². The van der Waals surface area contributed by atoms with Crippen LogP contribution in [0.3, 0.4) is 0 Å². The Kier molecular flexibility index (Phi) is 5.93. The van der Waals surface area contributed by atoms with Crippen molar-refractivity contribution in [2.75, 3.05) is 13.5 Å². The van der Waals surface area contributed by atoms with Gasteiger partial charge in [0.25, 0.3) is 0 Å². The maximum atomic E-state index is 12.7. The van der Waals surface area contributed by atoms with Crippen LogP contribution >= 0.6 is 7.60 Å². The summed E-state index contributed by atoms with van der Waals surface area (Å²) in [6, 6.07) is 5.60. The molecule has 20 heavy (non-hydrogen) atoms. The lowest BCUT2D eigenvalue weighted by Gasteiger charge is -2.23. The lowest BCUT2D eigenvalue weighted by molar-refractivity contribution is -0.123. The van der Waals surface area contributed by atoms with Crippen molar-refractivity contribution in [3.63, 3.8) is 0 Å². The topological polar surface area (TPSA) is 61.8 Å². The first-order chi connectivity index (χ1) is 9.29. The summed E-state index contributed by atoms with van der Waals surface area (Å²) in [5.74, 6) is 0.287. The minimum atomic E-state index is -3.55. The van der Waals surface area contributed by atoms with Gasteiger partial charge in [0.2, 0.25) is 0 Å². The third kappa shape index (κ3) is 4.44. The third-order valence-electron chi connectivity index (χ3n) is 2.82. The Morgan fingerprint density at radius 3 is 2.30 bits per heavy atom. The van der Waals surface area contributed by atoms with E-state index in [1.807, 2.05) is 32.0 Å². The van der Waals surface area contributed by atoms with Gasteiger partial charge in [0.05, 0.1) is 0 Å². The molecule has 2 unspecified atom stereocenters. The molecule has 1 aromatic carbocycles. The molecule has 0 aliphatic carbocycles. The van der Waals surface area contributed by atoms with Gasteiger partial charge in [-0.25, -0.2) is 4.57 Å². The van der Waals surface area contributed by atoms with Gasteiger partial charge >= 0.3 is 7.60 Å². The molecule has 1 aromatic rings. The molecular formula is C14H21O5P. The van der Waals surface area contributed by atoms with Crippen molar-refractivity contribution < 1.29 is 23.1 Å². The number of hydrogen-bond donors (Lipinski definition) is 0. The number of ether oxygens (including phenoxy) is 1. The van der Waals surface area contributed by atoms with Gasteiger partial charge in [-0.2, -0.15) is 0 Å². The van der Waals surface area contributed by atoms with Gasteiger partial charge in [-0.05, 0) is 38.8 Å². The van der Waals surface area contributed by atoms with Gasteiger partial charge in [0.1, 0.15) is 11.9 Å². The Labute approximate surface area is 119 Å². The first-order valence-electron chi connectivity index (χ1n) is 6.31. The molecule has 0 saturated carbocycles. The van der Waals surface area contributed by atoms with E-state index in [0.717, 1.165) is 11.1 Å². The molecule has 0 aromatic heterocycles. The zero-order chi connectivity index (χ0) is 15.3. The fourth-order valence-electron chi connectivity index (χ4n) is 1.63. The second-order valence-electron chi connectivity index (χ2n) is 4.70. The van der Waals surface area contributed by atoms with E-state index < -0.39 is 13.7 Å². The molecule has 0 N–H and O–H groups in total. The van der Waals surface area contributed by atoms with Crippen molar-refractivity contribution in [3.05, 3.63) is 29.3 Å². The third-order valence-corrected chi connectivity index (χ3v) is 4.49. The van der Waals surface area contributed by atoms with E-state index in [4.69, 9.17) is 13.8 Å². The van der Waals surface area contributed by atoms with Gasteiger partial charge in [-0.3, -0.25) is 9.32 Å². The molecule has 0 bridgehead atoms. The van der Waals surface area contributed by atoms with Crippen LogP contribution in [0.4, 0.5) is 0 Å². The fourth-order valence-corrected chi connectivity index (χ4v) is 3.30. The van der Waals surface area contributed by atoms with Crippen LogP contribution in [0.2, 0.25) is 0 Å². The summed E-state index contributed by atoms with van der Waals surface area (Å²) in [6.45, 7) is 6.63. The number of Topliss-reactive ketones (excluding diaryl/α,β-unsaturated/α-hetero) is 1. The lowest BCUT2D eigenvalue weighted by atomic mass is 10.1. The van der Waals surface area contributed by atoms with E-state index in [1.54, 1.807) is 6.92 Å². The van der Waals surface area contributed by atoms with E-state index in [9.17, 15) is 9.36 Å². The van der Waals surface area contributed by atoms with E-state index in [0.29, 0.717) is 5.75 Å². The fraction of sp³-hybridized carbons (Fsp3) is 0.500. The average molecular weight is 300 g/mol. The SMILES string of the molecule is COCP(=O)(Oc1c(C)cccc1C)OC(C)C(C)=O. The van der Waals surface area contributed by atoms with E-state index in [-0.39, 0.29) is 12.1 Å². The van der Waals surface area contributed by atoms with Crippen molar-refractivity contribution >= 4 is 13.4 Å². The minimum Gasteiger partial charge on any atom is -0.422 e. The highest BCUT2D eigenvalue weighted by molar-refractivity contribution is 7.54. The van der Waals surface area contributed by atoms with Crippen molar-refractivity contribution in [2.45, 2.75) is 33.8 Å². The number of rotatable bonds is 7. The molecule has 112 valence electrons. The van der Waals surface area contributed by atoms with E-state index in [1.165, 1.54) is 14.0 Å². The molecule has 1 rings (SSSR count). The van der Waals surface area contributed by atoms with Gasteiger partial charge in [-0.1, -0.05) is 18.2 Å². The number of benzene rings is 1. The van der Waals surface area contributed by atoms with Crippen LogP contribution in [0.5, 0.6) is 5.75 Å². The Morgan fingerprint density at radius 2 is 1.85 bits per heavy atom. The molecule has 0 spiro atoms. The number of carbonyl (C=O) groups is 1. The summed E-state index contributed by atoms with van der Waals surface area (Å²) in [5, 5.41) is 0. The predicted molar refractivity (Wildman–Crippen MR) is 77.3 cm³/mol. The molecule has 0 amide bonds. The summed E-state index contributed by atoms with van der Waals surface area (Å²) < 4.78 is 28.5. The monoisotopic (exact) mass is 300 g/mol. The zero-order valence-corrected chi connectivity index (χ0v) is 13.4. The van der Waals surface area contributed by atoms with E-state index in [2.05, 4.69) is 0 Å². The van der Waals surface area contributed by atoms with Crippen LogP contribution in [-0.2, 0) is 18.6 Å². The quantitative estimate of drug-likeness (QED) is 0.721. The highest BCUT2D eigenvalue weighted by Crippen LogP contribution is 2.50. The average Bonchev–Trinajstić information content (AvgIpc) is 2.34. The molecule has 0 fully saturated rings. The van der Waals surface area contributed by atoms with Crippen LogP contribution in [0.25, 0.3) is 0 Å². The van der Waals surface area contributed by atoms with Crippen LogP contribution < -0.4 is 4.52 Å². The van der Waals surface area contributed by atoms with E-state index >= 15 is 0 Å². The molecule has 5 nitrogen and oxygen atoms in total. The smallest absolute Gasteiger partial charge is 0.405 e. The van der Waals surface area contributed by atoms with Gasteiger partial charge in [0, 0.05) is 7.11 Å². The molecule has 0 aliphatic rings. The predicted octanol–water partition coefficient (Wildman–Crippen LogP) is 3.47. The Balaban J connectivity index is 3.02. The standard InChI is InChI=1S/C14H21O5P/c1-10-7-6-8-11(2)14(10)19-20(16,9-17-5)18-13(4)12(3)15/h6-8,13H,9H2,1-5H3. The molecule has 0 saturated heterocycles. The first-order valence-corrected chi connectivity index (χ1v) is 8.04. The Bertz CT molecular complexity index is 506. The van der Waals surface area contributed by atoms with Crippen LogP contribution in [0.15, 0.2) is 18.2 Å². The summed E-state index contributed by atoms with van der Waals surface area (Å²) in [4.78, 5) is 11.3. The number of methoxy groups -OCH3 is 1. The number of carbonyl (C=O) groups excluding carboxylic acids is 1. The molecule has 2 atom stereocenters. The van der Waals surface area contributed by atoms with Gasteiger partial charge in [0.15, 0.2) is 12.1 Å². The second-order valence-corrected chi connectivity index (χ2v) is 6.57. The highest BCUT2D eigenvalue weighted by atomic mass is 31.2. The maximum absolute atomic E-state index is 12.7. The number of aryl methyl sites for hydroxylation is 2. The molecule has 6 heteroatoms.